The molecule has 0 radical (unpaired) electrons. The molecule has 4 aliphatic rings. The van der Waals surface area contributed by atoms with Crippen molar-refractivity contribution >= 4 is 61.3 Å². The molecular formula is C49H40N4S. The quantitative estimate of drug-likeness (QED) is 0.197. The van der Waals surface area contributed by atoms with Crippen LogP contribution in [-0.2, 0) is 0 Å². The number of aliphatic imine (C=N–C) groups is 1. The number of rotatable bonds is 4. The number of nitrogens with zero attached hydrogens (tertiary/aromatic N) is 3. The molecule has 11 rings (SSSR count). The van der Waals surface area contributed by atoms with Crippen molar-refractivity contribution in [3.8, 4) is 5.69 Å². The van der Waals surface area contributed by atoms with Gasteiger partial charge in [0.15, 0.2) is 0 Å². The second-order valence-electron chi connectivity index (χ2n) is 15.4. The van der Waals surface area contributed by atoms with Crippen LogP contribution in [0, 0.1) is 5.92 Å². The van der Waals surface area contributed by atoms with Crippen molar-refractivity contribution in [1.82, 2.24) is 4.57 Å². The first-order valence-electron chi connectivity index (χ1n) is 19.2. The summed E-state index contributed by atoms with van der Waals surface area (Å²) in [6.07, 6.45) is 13.9. The average Bonchev–Trinajstić information content (AvgIpc) is 3.77. The summed E-state index contributed by atoms with van der Waals surface area (Å²) < 4.78 is 3.83. The number of hydrogen-bond acceptors (Lipinski definition) is 4. The summed E-state index contributed by atoms with van der Waals surface area (Å²) in [7, 11) is 0. The predicted molar refractivity (Wildman–Crippen MR) is 228 cm³/mol. The van der Waals surface area contributed by atoms with E-state index in [-0.39, 0.29) is 17.5 Å². The van der Waals surface area contributed by atoms with Crippen molar-refractivity contribution in [2.24, 2.45) is 10.9 Å². The van der Waals surface area contributed by atoms with Gasteiger partial charge in [0, 0.05) is 49.4 Å². The minimum atomic E-state index is -0.296. The Kier molecular flexibility index (Phi) is 7.06. The third-order valence-corrected chi connectivity index (χ3v) is 13.3. The standard InChI is InChI=1S/C49H40N4S/c1-31-14-13-17-33(25-24-31)48-50-44(32-15-5-3-6-16-32)47-45(51-48)39-27-26-35(30-42(39)54-47)52-40-22-11-9-20-36(40)37-28-29-49(2)43(46(37)52)38-21-10-12-23-41(38)53(49)34-18-7-4-8-19-34/h3-13,15-23,25-31,43-44H,14,24H2,1-2H3,(H,50,51). The molecule has 54 heavy (non-hydrogen) atoms. The number of allylic oxidation sites excluding steroid dienone is 2. The van der Waals surface area contributed by atoms with E-state index in [1.165, 1.54) is 76.6 Å². The van der Waals surface area contributed by atoms with E-state index < -0.39 is 0 Å². The molecular weight excluding hydrogens is 677 g/mol. The largest absolute Gasteiger partial charge is 0.339 e. The number of benzene rings is 5. The van der Waals surface area contributed by atoms with Crippen molar-refractivity contribution < 1.29 is 0 Å². The normalized spacial score (nSPS) is 22.6. The molecule has 0 bridgehead atoms. The van der Waals surface area contributed by atoms with Crippen LogP contribution >= 0.6 is 11.3 Å². The van der Waals surface area contributed by atoms with Crippen molar-refractivity contribution in [1.29, 1.82) is 0 Å². The lowest BCUT2D eigenvalue weighted by molar-refractivity contribution is 0.519. The van der Waals surface area contributed by atoms with E-state index in [4.69, 9.17) is 4.99 Å². The van der Waals surface area contributed by atoms with Crippen molar-refractivity contribution in [2.75, 3.05) is 10.2 Å². The van der Waals surface area contributed by atoms with Crippen LogP contribution in [0.25, 0.3) is 32.8 Å². The number of anilines is 3. The number of hydrogen-bond donors (Lipinski definition) is 1. The SMILES string of the molecule is CC1CC=CC(C2=NC(c3ccccc3)c3sc4cc(-n5c6c(c7ccccc75)C=CC5(C)C6c6ccccc6N5c5ccccc5)ccc4c3N2)=CC1. The summed E-state index contributed by atoms with van der Waals surface area (Å²) in [5.41, 5.74) is 12.2. The molecule has 2 aliphatic heterocycles. The van der Waals surface area contributed by atoms with Gasteiger partial charge in [-0.1, -0.05) is 122 Å². The Bertz CT molecular complexity index is 2750. The Morgan fingerprint density at radius 1 is 0.778 bits per heavy atom. The summed E-state index contributed by atoms with van der Waals surface area (Å²) in [5.74, 6) is 1.72. The second kappa shape index (κ2) is 12.1. The maximum absolute atomic E-state index is 5.43. The van der Waals surface area contributed by atoms with Crippen molar-refractivity contribution in [2.45, 2.75) is 44.2 Å². The molecule has 0 spiro atoms. The molecule has 4 atom stereocenters. The summed E-state index contributed by atoms with van der Waals surface area (Å²) >= 11 is 1.87. The molecule has 0 saturated heterocycles. The van der Waals surface area contributed by atoms with Gasteiger partial charge in [0.2, 0.25) is 0 Å². The highest BCUT2D eigenvalue weighted by Crippen LogP contribution is 2.59. The summed E-state index contributed by atoms with van der Waals surface area (Å²) in [6.45, 7) is 4.73. The first kappa shape index (κ1) is 31.6. The molecule has 4 nitrogen and oxygen atoms in total. The van der Waals surface area contributed by atoms with Crippen LogP contribution in [0.4, 0.5) is 17.1 Å². The third-order valence-electron chi connectivity index (χ3n) is 12.1. The molecule has 5 aromatic carbocycles. The number of fused-ring (bicyclic) bond motifs is 10. The highest BCUT2D eigenvalue weighted by molar-refractivity contribution is 7.20. The molecule has 4 heterocycles. The minimum absolute atomic E-state index is 0.0711. The number of nitrogens with one attached hydrogen (secondary N) is 1. The van der Waals surface area contributed by atoms with Crippen LogP contribution in [0.2, 0.25) is 0 Å². The zero-order valence-corrected chi connectivity index (χ0v) is 31.2. The Morgan fingerprint density at radius 3 is 2.43 bits per heavy atom. The Hall–Kier alpha value is -5.91. The van der Waals surface area contributed by atoms with Crippen molar-refractivity contribution in [3.05, 3.63) is 185 Å². The van der Waals surface area contributed by atoms with Gasteiger partial charge in [0.25, 0.3) is 0 Å². The van der Waals surface area contributed by atoms with Gasteiger partial charge in [-0.25, -0.2) is 0 Å². The molecule has 0 amide bonds. The molecule has 2 aromatic heterocycles. The third kappa shape index (κ3) is 4.64. The van der Waals surface area contributed by atoms with E-state index in [1.54, 1.807) is 0 Å². The molecule has 0 fully saturated rings. The van der Waals surface area contributed by atoms with Gasteiger partial charge in [-0.3, -0.25) is 4.99 Å². The van der Waals surface area contributed by atoms with Crippen LogP contribution in [0.5, 0.6) is 0 Å². The lowest BCUT2D eigenvalue weighted by atomic mass is 9.75. The smallest absolute Gasteiger partial charge is 0.133 e. The molecule has 5 heteroatoms. The Morgan fingerprint density at radius 2 is 1.56 bits per heavy atom. The molecule has 2 aliphatic carbocycles. The lowest BCUT2D eigenvalue weighted by Gasteiger charge is -2.41. The molecule has 1 N–H and O–H groups in total. The second-order valence-corrected chi connectivity index (χ2v) is 16.5. The maximum atomic E-state index is 5.43. The lowest BCUT2D eigenvalue weighted by Crippen LogP contribution is -2.44. The van der Waals surface area contributed by atoms with Gasteiger partial charge in [-0.15, -0.1) is 11.3 Å². The topological polar surface area (TPSA) is 32.6 Å². The molecule has 7 aromatic rings. The van der Waals surface area contributed by atoms with Crippen LogP contribution in [0.3, 0.4) is 0 Å². The van der Waals surface area contributed by atoms with Crippen LogP contribution in [-0.4, -0.2) is 15.9 Å². The fourth-order valence-electron chi connectivity index (χ4n) is 9.51. The summed E-state index contributed by atoms with van der Waals surface area (Å²) in [5, 5.41) is 6.38. The van der Waals surface area contributed by atoms with Gasteiger partial charge in [-0.05, 0) is 79.3 Å². The fraction of sp³-hybridized carbons (Fsp3) is 0.163. The maximum Gasteiger partial charge on any atom is 0.133 e. The van der Waals surface area contributed by atoms with Crippen molar-refractivity contribution in [3.63, 3.8) is 0 Å². The first-order valence-corrected chi connectivity index (χ1v) is 20.0. The molecule has 4 unspecified atom stereocenters. The summed E-state index contributed by atoms with van der Waals surface area (Å²) in [6, 6.07) is 46.7. The monoisotopic (exact) mass is 716 g/mol. The van der Waals surface area contributed by atoms with E-state index in [0.717, 1.165) is 18.7 Å². The zero-order valence-electron chi connectivity index (χ0n) is 30.4. The molecule has 0 saturated carbocycles. The van der Waals surface area contributed by atoms with Crippen LogP contribution in [0.1, 0.15) is 65.9 Å². The summed E-state index contributed by atoms with van der Waals surface area (Å²) in [4.78, 5) is 9.24. The fourth-order valence-corrected chi connectivity index (χ4v) is 10.8. The van der Waals surface area contributed by atoms with Gasteiger partial charge in [-0.2, -0.15) is 0 Å². The highest BCUT2D eigenvalue weighted by atomic mass is 32.1. The Labute approximate surface area is 320 Å². The average molecular weight is 717 g/mol. The van der Waals surface area contributed by atoms with E-state index in [9.17, 15) is 0 Å². The van der Waals surface area contributed by atoms with Gasteiger partial charge in [0.1, 0.15) is 11.9 Å². The van der Waals surface area contributed by atoms with Gasteiger partial charge < -0.3 is 14.8 Å². The number of amidine groups is 1. The van der Waals surface area contributed by atoms with E-state index in [2.05, 4.69) is 186 Å². The van der Waals surface area contributed by atoms with E-state index in [1.807, 2.05) is 11.3 Å². The number of aromatic nitrogens is 1. The van der Waals surface area contributed by atoms with E-state index >= 15 is 0 Å². The Balaban J connectivity index is 1.10. The zero-order chi connectivity index (χ0) is 36.0. The highest BCUT2D eigenvalue weighted by Gasteiger charge is 2.51. The predicted octanol–water partition coefficient (Wildman–Crippen LogP) is 12.7. The van der Waals surface area contributed by atoms with Gasteiger partial charge in [0.05, 0.1) is 27.5 Å². The van der Waals surface area contributed by atoms with Crippen LogP contribution in [0.15, 0.2) is 162 Å². The van der Waals surface area contributed by atoms with Crippen LogP contribution < -0.4 is 10.2 Å². The number of thiophene rings is 1. The number of para-hydroxylation sites is 3. The minimum Gasteiger partial charge on any atom is -0.339 e. The molecule has 262 valence electrons. The van der Waals surface area contributed by atoms with E-state index in [0.29, 0.717) is 5.92 Å². The van der Waals surface area contributed by atoms with Gasteiger partial charge >= 0.3 is 0 Å². The first-order chi connectivity index (χ1) is 26.6.